The Morgan fingerprint density at radius 2 is 1.91 bits per heavy atom. The van der Waals surface area contributed by atoms with E-state index < -0.39 is 17.8 Å². The summed E-state index contributed by atoms with van der Waals surface area (Å²) in [6.45, 7) is 0.0961. The van der Waals surface area contributed by atoms with Crippen LogP contribution in [-0.2, 0) is 12.7 Å². The standard InChI is InChI=1S/C14H13F3N4O/c15-14(16,17)10-5-6-20-12(7-10)21(13(19)22)11-4-2-1-3-9(11)8-18/h1-7H,8,18H2,(H2,19,22). The lowest BCUT2D eigenvalue weighted by Crippen LogP contribution is -2.33. The Bertz CT molecular complexity index is 688. The highest BCUT2D eigenvalue weighted by atomic mass is 19.4. The second-order valence-electron chi connectivity index (χ2n) is 4.41. The van der Waals surface area contributed by atoms with Gasteiger partial charge in [-0.05, 0) is 23.8 Å². The molecular weight excluding hydrogens is 297 g/mol. The first-order valence-electron chi connectivity index (χ1n) is 6.25. The molecule has 0 aliphatic carbocycles. The first-order chi connectivity index (χ1) is 10.3. The van der Waals surface area contributed by atoms with Crippen molar-refractivity contribution in [3.8, 4) is 0 Å². The maximum absolute atomic E-state index is 12.8. The number of halogens is 3. The highest BCUT2D eigenvalue weighted by Gasteiger charge is 2.32. The Kier molecular flexibility index (Phi) is 4.32. The monoisotopic (exact) mass is 310 g/mol. The van der Waals surface area contributed by atoms with Gasteiger partial charge in [0.25, 0.3) is 0 Å². The van der Waals surface area contributed by atoms with Gasteiger partial charge < -0.3 is 11.5 Å². The summed E-state index contributed by atoms with van der Waals surface area (Å²) in [5.74, 6) is -0.219. The molecule has 2 aromatic rings. The van der Waals surface area contributed by atoms with Crippen LogP contribution in [0, 0.1) is 0 Å². The number of hydrogen-bond acceptors (Lipinski definition) is 3. The van der Waals surface area contributed by atoms with Crippen molar-refractivity contribution < 1.29 is 18.0 Å². The third-order valence-corrected chi connectivity index (χ3v) is 2.97. The zero-order valence-electron chi connectivity index (χ0n) is 11.3. The lowest BCUT2D eigenvalue weighted by molar-refractivity contribution is -0.137. The van der Waals surface area contributed by atoms with Crippen LogP contribution in [0.5, 0.6) is 0 Å². The molecule has 1 aromatic carbocycles. The number of carbonyl (C=O) groups is 1. The molecule has 0 atom stereocenters. The fraction of sp³-hybridized carbons (Fsp3) is 0.143. The predicted molar refractivity (Wildman–Crippen MR) is 75.3 cm³/mol. The number of aromatic nitrogens is 1. The molecule has 116 valence electrons. The van der Waals surface area contributed by atoms with Gasteiger partial charge in [-0.3, -0.25) is 0 Å². The van der Waals surface area contributed by atoms with Crippen molar-refractivity contribution in [3.63, 3.8) is 0 Å². The average Bonchev–Trinajstić information content (AvgIpc) is 2.47. The van der Waals surface area contributed by atoms with Crippen molar-refractivity contribution in [2.24, 2.45) is 11.5 Å². The Hall–Kier alpha value is -2.61. The lowest BCUT2D eigenvalue weighted by Gasteiger charge is -2.22. The van der Waals surface area contributed by atoms with E-state index in [2.05, 4.69) is 4.98 Å². The first-order valence-corrected chi connectivity index (χ1v) is 6.25. The van der Waals surface area contributed by atoms with Gasteiger partial charge >= 0.3 is 12.2 Å². The van der Waals surface area contributed by atoms with Crippen molar-refractivity contribution in [2.75, 3.05) is 4.90 Å². The summed E-state index contributed by atoms with van der Waals surface area (Å²) >= 11 is 0. The van der Waals surface area contributed by atoms with Crippen LogP contribution >= 0.6 is 0 Å². The van der Waals surface area contributed by atoms with E-state index in [0.717, 1.165) is 23.2 Å². The van der Waals surface area contributed by atoms with Crippen LogP contribution in [0.1, 0.15) is 11.1 Å². The molecule has 1 heterocycles. The van der Waals surface area contributed by atoms with Crippen LogP contribution in [0.3, 0.4) is 0 Å². The summed E-state index contributed by atoms with van der Waals surface area (Å²) in [7, 11) is 0. The molecule has 0 unspecified atom stereocenters. The first kappa shape index (κ1) is 15.8. The van der Waals surface area contributed by atoms with Crippen LogP contribution < -0.4 is 16.4 Å². The molecule has 22 heavy (non-hydrogen) atoms. The minimum Gasteiger partial charge on any atom is -0.351 e. The van der Waals surface area contributed by atoms with Crippen molar-refractivity contribution in [1.29, 1.82) is 0 Å². The quantitative estimate of drug-likeness (QED) is 0.914. The summed E-state index contributed by atoms with van der Waals surface area (Å²) in [4.78, 5) is 16.4. The van der Waals surface area contributed by atoms with Crippen molar-refractivity contribution >= 4 is 17.5 Å². The second kappa shape index (κ2) is 6.02. The van der Waals surface area contributed by atoms with Gasteiger partial charge in [0.2, 0.25) is 0 Å². The largest absolute Gasteiger partial charge is 0.416 e. The van der Waals surface area contributed by atoms with Gasteiger partial charge in [0, 0.05) is 12.7 Å². The highest BCUT2D eigenvalue weighted by molar-refractivity contribution is 5.98. The van der Waals surface area contributed by atoms with Gasteiger partial charge in [-0.2, -0.15) is 13.2 Å². The van der Waals surface area contributed by atoms with Crippen LogP contribution in [0.4, 0.5) is 29.5 Å². The minimum atomic E-state index is -4.55. The van der Waals surface area contributed by atoms with Gasteiger partial charge in [-0.1, -0.05) is 18.2 Å². The fourth-order valence-electron chi connectivity index (χ4n) is 1.97. The number of nitrogens with two attached hydrogens (primary N) is 2. The highest BCUT2D eigenvalue weighted by Crippen LogP contribution is 2.33. The average molecular weight is 310 g/mol. The van der Waals surface area contributed by atoms with Gasteiger partial charge in [0.15, 0.2) is 0 Å². The number of benzene rings is 1. The number of primary amides is 1. The van der Waals surface area contributed by atoms with E-state index in [-0.39, 0.29) is 12.4 Å². The molecule has 1 aromatic heterocycles. The molecular formula is C14H13F3N4O. The molecule has 8 heteroatoms. The Labute approximate surface area is 124 Å². The number of urea groups is 1. The van der Waals surface area contributed by atoms with E-state index in [4.69, 9.17) is 11.5 Å². The molecule has 0 bridgehead atoms. The van der Waals surface area contributed by atoms with Crippen molar-refractivity contribution in [2.45, 2.75) is 12.7 Å². The zero-order chi connectivity index (χ0) is 16.3. The van der Waals surface area contributed by atoms with E-state index in [1.54, 1.807) is 18.2 Å². The molecule has 2 amide bonds. The number of amides is 2. The van der Waals surface area contributed by atoms with Gasteiger partial charge in [0.1, 0.15) is 5.82 Å². The van der Waals surface area contributed by atoms with E-state index in [1.165, 1.54) is 6.07 Å². The van der Waals surface area contributed by atoms with Crippen molar-refractivity contribution in [1.82, 2.24) is 4.98 Å². The fourth-order valence-corrected chi connectivity index (χ4v) is 1.97. The second-order valence-corrected chi connectivity index (χ2v) is 4.41. The lowest BCUT2D eigenvalue weighted by atomic mass is 10.1. The Morgan fingerprint density at radius 1 is 1.23 bits per heavy atom. The van der Waals surface area contributed by atoms with Crippen LogP contribution in [0.15, 0.2) is 42.6 Å². The molecule has 0 saturated heterocycles. The van der Waals surface area contributed by atoms with E-state index in [9.17, 15) is 18.0 Å². The Morgan fingerprint density at radius 3 is 2.50 bits per heavy atom. The third-order valence-electron chi connectivity index (χ3n) is 2.97. The maximum Gasteiger partial charge on any atom is 0.416 e. The summed E-state index contributed by atoms with van der Waals surface area (Å²) < 4.78 is 38.4. The molecule has 0 aliphatic heterocycles. The smallest absolute Gasteiger partial charge is 0.351 e. The number of alkyl halides is 3. The molecule has 0 radical (unpaired) electrons. The summed E-state index contributed by atoms with van der Waals surface area (Å²) in [5, 5.41) is 0. The van der Waals surface area contributed by atoms with E-state index in [0.29, 0.717) is 11.3 Å². The molecule has 2 rings (SSSR count). The number of hydrogen-bond donors (Lipinski definition) is 2. The van der Waals surface area contributed by atoms with E-state index >= 15 is 0 Å². The van der Waals surface area contributed by atoms with E-state index in [1.807, 2.05) is 0 Å². The molecule has 5 nitrogen and oxygen atoms in total. The summed E-state index contributed by atoms with van der Waals surface area (Å²) in [6, 6.07) is 7.14. The maximum atomic E-state index is 12.8. The number of nitrogens with zero attached hydrogens (tertiary/aromatic N) is 2. The Balaban J connectivity index is 2.56. The molecule has 4 N–H and O–H groups in total. The molecule has 0 fully saturated rings. The SMILES string of the molecule is NCc1ccccc1N(C(N)=O)c1cc(C(F)(F)F)ccn1. The van der Waals surface area contributed by atoms with Gasteiger partial charge in [-0.15, -0.1) is 0 Å². The third kappa shape index (κ3) is 3.17. The normalized spacial score (nSPS) is 11.3. The van der Waals surface area contributed by atoms with Crippen molar-refractivity contribution in [3.05, 3.63) is 53.7 Å². The summed E-state index contributed by atoms with van der Waals surface area (Å²) in [5.41, 5.74) is 10.8. The van der Waals surface area contributed by atoms with Crippen LogP contribution in [0.25, 0.3) is 0 Å². The predicted octanol–water partition coefficient (Wildman–Crippen LogP) is 2.78. The summed E-state index contributed by atoms with van der Waals surface area (Å²) in [6.07, 6.45) is -3.58. The van der Waals surface area contributed by atoms with Crippen LogP contribution in [-0.4, -0.2) is 11.0 Å². The molecule has 0 saturated carbocycles. The zero-order valence-corrected chi connectivity index (χ0v) is 11.3. The minimum absolute atomic E-state index is 0.0961. The number of pyridine rings is 1. The van der Waals surface area contributed by atoms with Gasteiger partial charge in [0.05, 0.1) is 11.3 Å². The number of rotatable bonds is 3. The van der Waals surface area contributed by atoms with Crippen LogP contribution in [0.2, 0.25) is 0 Å². The topological polar surface area (TPSA) is 85.2 Å². The molecule has 0 aliphatic rings. The molecule has 0 spiro atoms. The number of carbonyl (C=O) groups excluding carboxylic acids is 1. The number of anilines is 2. The number of para-hydroxylation sites is 1. The van der Waals surface area contributed by atoms with Gasteiger partial charge in [-0.25, -0.2) is 14.7 Å².